The highest BCUT2D eigenvalue weighted by Gasteiger charge is 2.25. The van der Waals surface area contributed by atoms with Gasteiger partial charge in [0.1, 0.15) is 11.8 Å². The van der Waals surface area contributed by atoms with E-state index < -0.39 is 23.8 Å². The van der Waals surface area contributed by atoms with Gasteiger partial charge in [0.15, 0.2) is 6.61 Å². The van der Waals surface area contributed by atoms with E-state index in [0.717, 1.165) is 0 Å². The zero-order chi connectivity index (χ0) is 23.5. The molecule has 32 heavy (non-hydrogen) atoms. The van der Waals surface area contributed by atoms with Crippen LogP contribution in [0.5, 0.6) is 5.75 Å². The van der Waals surface area contributed by atoms with Gasteiger partial charge in [0, 0.05) is 0 Å². The van der Waals surface area contributed by atoms with Gasteiger partial charge in [0.05, 0.1) is 23.4 Å². The Morgan fingerprint density at radius 1 is 1.09 bits per heavy atom. The molecule has 0 heterocycles. The topological polar surface area (TPSA) is 106 Å². The lowest BCUT2D eigenvalue weighted by molar-refractivity contribution is -0.145. The van der Waals surface area contributed by atoms with E-state index in [1.807, 2.05) is 13.8 Å². The molecule has 0 radical (unpaired) electrons. The van der Waals surface area contributed by atoms with E-state index in [2.05, 4.69) is 15.8 Å². The summed E-state index contributed by atoms with van der Waals surface area (Å²) in [5.41, 5.74) is 3.44. The highest BCUT2D eigenvalue weighted by atomic mass is 35.5. The maximum atomic E-state index is 12.5. The van der Waals surface area contributed by atoms with E-state index >= 15 is 0 Å². The van der Waals surface area contributed by atoms with Crippen molar-refractivity contribution in [1.82, 2.24) is 10.7 Å². The molecule has 0 saturated carbocycles. The summed E-state index contributed by atoms with van der Waals surface area (Å²) >= 11 is 6.06. The molecule has 0 aliphatic heterocycles. The quantitative estimate of drug-likeness (QED) is 0.322. The molecule has 2 amide bonds. The Balaban J connectivity index is 1.91. The molecule has 2 N–H and O–H groups in total. The average molecular weight is 460 g/mol. The van der Waals surface area contributed by atoms with Crippen molar-refractivity contribution in [2.24, 2.45) is 11.0 Å². The normalized spacial score (nSPS) is 11.8. The molecule has 0 fully saturated rings. The molecular weight excluding hydrogens is 434 g/mol. The summed E-state index contributed by atoms with van der Waals surface area (Å²) in [6.45, 7) is 5.48. The predicted octanol–water partition coefficient (Wildman–Crippen LogP) is 3.19. The number of halogens is 1. The minimum Gasteiger partial charge on any atom is -0.482 e. The lowest BCUT2D eigenvalue weighted by Crippen LogP contribution is -2.48. The number of hydrazone groups is 1. The van der Waals surface area contributed by atoms with Crippen molar-refractivity contribution in [2.45, 2.75) is 26.8 Å². The molecular formula is C23H26ClN3O5. The zero-order valence-electron chi connectivity index (χ0n) is 18.1. The van der Waals surface area contributed by atoms with E-state index in [-0.39, 0.29) is 12.5 Å². The molecule has 1 atom stereocenters. The molecule has 9 heteroatoms. The second-order valence-electron chi connectivity index (χ2n) is 7.07. The summed E-state index contributed by atoms with van der Waals surface area (Å²) in [5.74, 6) is -1.01. The van der Waals surface area contributed by atoms with Crippen molar-refractivity contribution in [3.8, 4) is 5.75 Å². The Kier molecular flexibility index (Phi) is 9.69. The van der Waals surface area contributed by atoms with E-state index in [1.54, 1.807) is 55.5 Å². The fourth-order valence-corrected chi connectivity index (χ4v) is 2.86. The summed E-state index contributed by atoms with van der Waals surface area (Å²) in [5, 5.41) is 6.96. The average Bonchev–Trinajstić information content (AvgIpc) is 2.77. The number of carbonyl (C=O) groups excluding carboxylic acids is 3. The van der Waals surface area contributed by atoms with Gasteiger partial charge in [-0.2, -0.15) is 5.10 Å². The van der Waals surface area contributed by atoms with Crippen LogP contribution in [0.3, 0.4) is 0 Å². The van der Waals surface area contributed by atoms with Crippen molar-refractivity contribution >= 4 is 35.6 Å². The Labute approximate surface area is 191 Å². The van der Waals surface area contributed by atoms with Crippen molar-refractivity contribution in [2.75, 3.05) is 13.2 Å². The highest BCUT2D eigenvalue weighted by Crippen LogP contribution is 2.15. The first-order chi connectivity index (χ1) is 15.3. The number of hydrogen-bond donors (Lipinski definition) is 2. The van der Waals surface area contributed by atoms with Gasteiger partial charge >= 0.3 is 5.97 Å². The molecule has 1 unspecified atom stereocenters. The summed E-state index contributed by atoms with van der Waals surface area (Å²) in [6.07, 6.45) is 1.46. The second-order valence-corrected chi connectivity index (χ2v) is 7.48. The molecule has 0 aliphatic carbocycles. The Morgan fingerprint density at radius 2 is 1.78 bits per heavy atom. The summed E-state index contributed by atoms with van der Waals surface area (Å²) in [7, 11) is 0. The molecule has 0 aromatic heterocycles. The van der Waals surface area contributed by atoms with Crippen LogP contribution < -0.4 is 15.5 Å². The van der Waals surface area contributed by atoms with Crippen molar-refractivity contribution < 1.29 is 23.9 Å². The SMILES string of the molecule is CCOC(=O)COc1ccc(C=NNC(=O)C(NC(=O)c2ccccc2Cl)C(C)C)cc1. The van der Waals surface area contributed by atoms with E-state index in [1.165, 1.54) is 6.21 Å². The van der Waals surface area contributed by atoms with Crippen molar-refractivity contribution in [3.63, 3.8) is 0 Å². The number of amides is 2. The number of nitrogens with one attached hydrogen (secondary N) is 2. The molecule has 2 rings (SSSR count). The van der Waals surface area contributed by atoms with Gasteiger partial charge in [-0.15, -0.1) is 0 Å². The van der Waals surface area contributed by atoms with Gasteiger partial charge in [-0.3, -0.25) is 9.59 Å². The van der Waals surface area contributed by atoms with E-state index in [4.69, 9.17) is 21.1 Å². The van der Waals surface area contributed by atoms with Crippen LogP contribution in [0, 0.1) is 5.92 Å². The van der Waals surface area contributed by atoms with Gasteiger partial charge < -0.3 is 14.8 Å². The van der Waals surface area contributed by atoms with Gasteiger partial charge in [-0.1, -0.05) is 37.6 Å². The van der Waals surface area contributed by atoms with Gasteiger partial charge in [-0.05, 0) is 54.8 Å². The third-order valence-electron chi connectivity index (χ3n) is 4.28. The van der Waals surface area contributed by atoms with Crippen LogP contribution in [0.2, 0.25) is 5.02 Å². The third kappa shape index (κ3) is 7.70. The van der Waals surface area contributed by atoms with Crippen molar-refractivity contribution in [3.05, 3.63) is 64.7 Å². The van der Waals surface area contributed by atoms with Crippen LogP contribution >= 0.6 is 11.6 Å². The van der Waals surface area contributed by atoms with Crippen LogP contribution in [-0.2, 0) is 14.3 Å². The van der Waals surface area contributed by atoms with Crippen LogP contribution in [0.4, 0.5) is 0 Å². The molecule has 0 bridgehead atoms. The van der Waals surface area contributed by atoms with Gasteiger partial charge in [0.2, 0.25) is 0 Å². The van der Waals surface area contributed by atoms with Gasteiger partial charge in [0.25, 0.3) is 11.8 Å². The molecule has 8 nitrogen and oxygen atoms in total. The van der Waals surface area contributed by atoms with Crippen LogP contribution in [-0.4, -0.2) is 43.3 Å². The molecule has 0 aliphatic rings. The first kappa shape index (κ1) is 24.9. The van der Waals surface area contributed by atoms with Gasteiger partial charge in [-0.25, -0.2) is 10.2 Å². The number of nitrogens with zero attached hydrogens (tertiary/aromatic N) is 1. The van der Waals surface area contributed by atoms with Crippen LogP contribution in [0.15, 0.2) is 53.6 Å². The molecule has 2 aromatic rings. The summed E-state index contributed by atoms with van der Waals surface area (Å²) in [6, 6.07) is 12.6. The Hall–Kier alpha value is -3.39. The fraction of sp³-hybridized carbons (Fsp3) is 0.304. The number of hydrogen-bond acceptors (Lipinski definition) is 6. The summed E-state index contributed by atoms with van der Waals surface area (Å²) < 4.78 is 10.1. The second kappa shape index (κ2) is 12.5. The maximum Gasteiger partial charge on any atom is 0.344 e. The smallest absolute Gasteiger partial charge is 0.344 e. The molecule has 0 saturated heterocycles. The maximum absolute atomic E-state index is 12.5. The largest absolute Gasteiger partial charge is 0.482 e. The van der Waals surface area contributed by atoms with Crippen LogP contribution in [0.25, 0.3) is 0 Å². The van der Waals surface area contributed by atoms with Crippen molar-refractivity contribution in [1.29, 1.82) is 0 Å². The number of ether oxygens (including phenoxy) is 2. The monoisotopic (exact) mass is 459 g/mol. The zero-order valence-corrected chi connectivity index (χ0v) is 18.9. The fourth-order valence-electron chi connectivity index (χ4n) is 2.63. The van der Waals surface area contributed by atoms with E-state index in [9.17, 15) is 14.4 Å². The third-order valence-corrected chi connectivity index (χ3v) is 4.61. The molecule has 0 spiro atoms. The first-order valence-corrected chi connectivity index (χ1v) is 10.5. The molecule has 2 aromatic carbocycles. The number of benzene rings is 2. The van der Waals surface area contributed by atoms with E-state index in [0.29, 0.717) is 28.5 Å². The number of esters is 1. The lowest BCUT2D eigenvalue weighted by atomic mass is 10.0. The minimum atomic E-state index is -0.797. The Bertz CT molecular complexity index is 960. The lowest BCUT2D eigenvalue weighted by Gasteiger charge is -2.20. The number of carbonyl (C=O) groups is 3. The first-order valence-electron chi connectivity index (χ1n) is 10.1. The number of rotatable bonds is 10. The van der Waals surface area contributed by atoms with Crippen LogP contribution in [0.1, 0.15) is 36.7 Å². The standard InChI is InChI=1S/C23H26ClN3O5/c1-4-31-20(28)14-32-17-11-9-16(10-12-17)13-25-27-23(30)21(15(2)3)26-22(29)18-7-5-6-8-19(18)24/h5-13,15,21H,4,14H2,1-3H3,(H,26,29)(H,27,30). The Morgan fingerprint density at radius 3 is 2.41 bits per heavy atom. The minimum absolute atomic E-state index is 0.173. The summed E-state index contributed by atoms with van der Waals surface area (Å²) in [4.78, 5) is 36.3. The highest BCUT2D eigenvalue weighted by molar-refractivity contribution is 6.33. The predicted molar refractivity (Wildman–Crippen MR) is 122 cm³/mol. The molecule has 170 valence electrons.